The lowest BCUT2D eigenvalue weighted by molar-refractivity contribution is -0.133. The average molecular weight is 308 g/mol. The highest BCUT2D eigenvalue weighted by atomic mass is 16.2. The van der Waals surface area contributed by atoms with E-state index in [0.717, 1.165) is 24.1 Å². The lowest BCUT2D eigenvalue weighted by Gasteiger charge is -2.29. The van der Waals surface area contributed by atoms with Crippen molar-refractivity contribution < 1.29 is 4.79 Å². The van der Waals surface area contributed by atoms with Crippen LogP contribution in [0, 0.1) is 0 Å². The minimum atomic E-state index is -0.473. The highest BCUT2D eigenvalue weighted by molar-refractivity contribution is 5.90. The first-order chi connectivity index (χ1) is 11.1. The number of nitrogens with two attached hydrogens (primary N) is 1. The van der Waals surface area contributed by atoms with Gasteiger partial charge in [0.15, 0.2) is 0 Å². The third kappa shape index (κ3) is 2.66. The van der Waals surface area contributed by atoms with Crippen LogP contribution in [0.4, 0.5) is 0 Å². The highest BCUT2D eigenvalue weighted by Gasteiger charge is 2.46. The second-order valence-electron chi connectivity index (χ2n) is 6.53. The van der Waals surface area contributed by atoms with E-state index in [1.807, 2.05) is 41.3 Å². The Hall–Kier alpha value is -2.13. The van der Waals surface area contributed by atoms with E-state index in [-0.39, 0.29) is 11.9 Å². The molecule has 2 unspecified atom stereocenters. The standard InChI is InChI=1S/C20H24N2O/c1-15(16-8-4-3-5-9-16)22-13-12-20(2,19(22)23)18-11-7-6-10-17(18)14-21/h3-11,15H,12-14,21H2,1-2H3. The molecule has 2 aromatic carbocycles. The zero-order valence-electron chi connectivity index (χ0n) is 13.8. The zero-order chi connectivity index (χ0) is 16.4. The van der Waals surface area contributed by atoms with Gasteiger partial charge in [0.05, 0.1) is 11.5 Å². The van der Waals surface area contributed by atoms with Crippen LogP contribution in [0.5, 0.6) is 0 Å². The molecule has 2 N–H and O–H groups in total. The fraction of sp³-hybridized carbons (Fsp3) is 0.350. The van der Waals surface area contributed by atoms with Crippen LogP contribution in [0.1, 0.15) is 43.0 Å². The summed E-state index contributed by atoms with van der Waals surface area (Å²) in [6.45, 7) is 5.41. The van der Waals surface area contributed by atoms with Crippen LogP contribution < -0.4 is 5.73 Å². The topological polar surface area (TPSA) is 46.3 Å². The van der Waals surface area contributed by atoms with Crippen molar-refractivity contribution in [3.05, 3.63) is 71.3 Å². The van der Waals surface area contributed by atoms with E-state index in [2.05, 4.69) is 32.0 Å². The normalized spacial score (nSPS) is 22.4. The molecule has 0 aromatic heterocycles. The summed E-state index contributed by atoms with van der Waals surface area (Å²) in [6.07, 6.45) is 0.833. The van der Waals surface area contributed by atoms with E-state index in [1.165, 1.54) is 5.56 Å². The van der Waals surface area contributed by atoms with Crippen LogP contribution >= 0.6 is 0 Å². The Morgan fingerprint density at radius 2 is 1.78 bits per heavy atom. The minimum Gasteiger partial charge on any atom is -0.335 e. The summed E-state index contributed by atoms with van der Waals surface area (Å²) in [5.74, 6) is 0.203. The Morgan fingerprint density at radius 1 is 1.13 bits per heavy atom. The smallest absolute Gasteiger partial charge is 0.233 e. The maximum Gasteiger partial charge on any atom is 0.233 e. The number of amides is 1. The van der Waals surface area contributed by atoms with Crippen LogP contribution in [0.3, 0.4) is 0 Å². The molecule has 2 aromatic rings. The molecule has 1 heterocycles. The summed E-state index contributed by atoms with van der Waals surface area (Å²) in [6, 6.07) is 18.4. The first kappa shape index (κ1) is 15.8. The third-order valence-corrected chi connectivity index (χ3v) is 5.17. The highest BCUT2D eigenvalue weighted by Crippen LogP contribution is 2.40. The molecule has 3 heteroatoms. The molecule has 0 bridgehead atoms. The van der Waals surface area contributed by atoms with Gasteiger partial charge in [0, 0.05) is 13.1 Å². The van der Waals surface area contributed by atoms with Crippen LogP contribution in [0.15, 0.2) is 54.6 Å². The molecule has 0 saturated carbocycles. The molecule has 2 atom stereocenters. The number of carbonyl (C=O) groups excluding carboxylic acids is 1. The van der Waals surface area contributed by atoms with Crippen LogP contribution in [0.25, 0.3) is 0 Å². The van der Waals surface area contributed by atoms with Crippen molar-refractivity contribution >= 4 is 5.91 Å². The summed E-state index contributed by atoms with van der Waals surface area (Å²) in [7, 11) is 0. The lowest BCUT2D eigenvalue weighted by atomic mass is 9.78. The van der Waals surface area contributed by atoms with Crippen molar-refractivity contribution in [2.24, 2.45) is 5.73 Å². The maximum absolute atomic E-state index is 13.2. The molecule has 3 rings (SSSR count). The van der Waals surface area contributed by atoms with E-state index >= 15 is 0 Å². The number of likely N-dealkylation sites (tertiary alicyclic amines) is 1. The molecule has 0 spiro atoms. The fourth-order valence-electron chi connectivity index (χ4n) is 3.64. The Kier molecular flexibility index (Phi) is 4.22. The summed E-state index contributed by atoms with van der Waals surface area (Å²) in [5.41, 5.74) is 8.73. The van der Waals surface area contributed by atoms with Crippen molar-refractivity contribution in [2.45, 2.75) is 38.3 Å². The lowest BCUT2D eigenvalue weighted by Crippen LogP contribution is -2.37. The fourth-order valence-corrected chi connectivity index (χ4v) is 3.64. The van der Waals surface area contributed by atoms with Crippen molar-refractivity contribution in [3.63, 3.8) is 0 Å². The number of hydrogen-bond acceptors (Lipinski definition) is 2. The number of nitrogens with zero attached hydrogens (tertiary/aromatic N) is 1. The van der Waals surface area contributed by atoms with Crippen molar-refractivity contribution in [3.8, 4) is 0 Å². The van der Waals surface area contributed by atoms with Gasteiger partial charge < -0.3 is 10.6 Å². The molecule has 1 fully saturated rings. The summed E-state index contributed by atoms with van der Waals surface area (Å²) < 4.78 is 0. The number of hydrogen-bond donors (Lipinski definition) is 1. The van der Waals surface area contributed by atoms with Gasteiger partial charge in [-0.05, 0) is 37.0 Å². The average Bonchev–Trinajstić information content (AvgIpc) is 2.91. The summed E-state index contributed by atoms with van der Waals surface area (Å²) in [4.78, 5) is 15.2. The van der Waals surface area contributed by atoms with Crippen molar-refractivity contribution in [1.29, 1.82) is 0 Å². The number of rotatable bonds is 4. The van der Waals surface area contributed by atoms with E-state index in [9.17, 15) is 4.79 Å². The first-order valence-corrected chi connectivity index (χ1v) is 8.22. The van der Waals surface area contributed by atoms with Crippen molar-refractivity contribution in [2.75, 3.05) is 6.54 Å². The molecule has 1 aliphatic rings. The molecule has 0 aliphatic carbocycles. The molecular weight excluding hydrogens is 284 g/mol. The molecule has 23 heavy (non-hydrogen) atoms. The van der Waals surface area contributed by atoms with E-state index in [4.69, 9.17) is 5.73 Å². The molecule has 1 saturated heterocycles. The first-order valence-electron chi connectivity index (χ1n) is 8.22. The molecule has 120 valence electrons. The van der Waals surface area contributed by atoms with E-state index in [0.29, 0.717) is 6.54 Å². The van der Waals surface area contributed by atoms with Gasteiger partial charge >= 0.3 is 0 Å². The van der Waals surface area contributed by atoms with Crippen LogP contribution in [-0.4, -0.2) is 17.4 Å². The van der Waals surface area contributed by atoms with Crippen LogP contribution in [-0.2, 0) is 16.8 Å². The predicted molar refractivity (Wildman–Crippen MR) is 92.9 cm³/mol. The maximum atomic E-state index is 13.2. The second-order valence-corrected chi connectivity index (χ2v) is 6.53. The Morgan fingerprint density at radius 3 is 2.48 bits per heavy atom. The number of benzene rings is 2. The van der Waals surface area contributed by atoms with Gasteiger partial charge in [-0.15, -0.1) is 0 Å². The molecule has 0 radical (unpaired) electrons. The second kappa shape index (κ2) is 6.17. The SMILES string of the molecule is CC(c1ccccc1)N1CCC(C)(c2ccccc2CN)C1=O. The summed E-state index contributed by atoms with van der Waals surface area (Å²) >= 11 is 0. The Balaban J connectivity index is 1.92. The van der Waals surface area contributed by atoms with Gasteiger partial charge in [0.2, 0.25) is 5.91 Å². The molecule has 3 nitrogen and oxygen atoms in total. The van der Waals surface area contributed by atoms with E-state index in [1.54, 1.807) is 0 Å². The van der Waals surface area contributed by atoms with Gasteiger partial charge in [-0.25, -0.2) is 0 Å². The van der Waals surface area contributed by atoms with Gasteiger partial charge in [-0.1, -0.05) is 54.6 Å². The van der Waals surface area contributed by atoms with E-state index < -0.39 is 5.41 Å². The van der Waals surface area contributed by atoms with Gasteiger partial charge in [-0.2, -0.15) is 0 Å². The predicted octanol–water partition coefficient (Wildman–Crippen LogP) is 3.40. The Labute approximate surface area is 138 Å². The van der Waals surface area contributed by atoms with Gasteiger partial charge in [0.1, 0.15) is 0 Å². The Bertz CT molecular complexity index is 698. The minimum absolute atomic E-state index is 0.0931. The third-order valence-electron chi connectivity index (χ3n) is 5.17. The quantitative estimate of drug-likeness (QED) is 0.941. The van der Waals surface area contributed by atoms with Gasteiger partial charge in [-0.3, -0.25) is 4.79 Å². The monoisotopic (exact) mass is 308 g/mol. The number of carbonyl (C=O) groups is 1. The largest absolute Gasteiger partial charge is 0.335 e. The molecular formula is C20H24N2O. The zero-order valence-corrected chi connectivity index (χ0v) is 13.8. The van der Waals surface area contributed by atoms with Crippen molar-refractivity contribution in [1.82, 2.24) is 4.90 Å². The van der Waals surface area contributed by atoms with Crippen LogP contribution in [0.2, 0.25) is 0 Å². The molecule has 1 aliphatic heterocycles. The van der Waals surface area contributed by atoms with Gasteiger partial charge in [0.25, 0.3) is 0 Å². The molecule has 1 amide bonds. The summed E-state index contributed by atoms with van der Waals surface area (Å²) in [5, 5.41) is 0.